The summed E-state index contributed by atoms with van der Waals surface area (Å²) >= 11 is 6.15. The minimum Gasteiger partial charge on any atom is -0.322 e. The smallest absolute Gasteiger partial charge is 0.257 e. The zero-order valence-electron chi connectivity index (χ0n) is 12.2. The highest BCUT2D eigenvalue weighted by Gasteiger charge is 2.19. The van der Waals surface area contributed by atoms with E-state index in [1.54, 1.807) is 37.3 Å². The molecule has 0 aliphatic carbocycles. The number of ketones is 1. The first-order valence-electron chi connectivity index (χ1n) is 6.91. The molecule has 2 rings (SSSR count). The minimum absolute atomic E-state index is 0.0791. The maximum absolute atomic E-state index is 12.5. The molecule has 0 spiro atoms. The fourth-order valence-corrected chi connectivity index (χ4v) is 2.31. The number of carbonyl (C=O) groups is 2. The van der Waals surface area contributed by atoms with Gasteiger partial charge in [0.15, 0.2) is 5.78 Å². The Hall–Kier alpha value is -2.17. The van der Waals surface area contributed by atoms with Crippen molar-refractivity contribution in [3.8, 4) is 0 Å². The minimum atomic E-state index is -0.580. The van der Waals surface area contributed by atoms with E-state index in [2.05, 4.69) is 5.32 Å². The van der Waals surface area contributed by atoms with Crippen molar-refractivity contribution in [3.05, 3.63) is 64.7 Å². The Morgan fingerprint density at radius 3 is 2.45 bits per heavy atom. The Bertz CT molecular complexity index is 684. The maximum atomic E-state index is 12.5. The number of rotatable bonds is 5. The standard InChI is InChI=1S/C17H17ClN2O2/c1-11(19)15(21)10-12-6-5-9-14(18)16(12)17(22)20-13-7-3-2-4-8-13/h2-9,11H,10,19H2,1H3,(H,20,22)/t11-/m0/s1. The van der Waals surface area contributed by atoms with Crippen molar-refractivity contribution < 1.29 is 9.59 Å². The lowest BCUT2D eigenvalue weighted by molar-refractivity contribution is -0.119. The molecule has 2 aromatic carbocycles. The predicted molar refractivity (Wildman–Crippen MR) is 88.2 cm³/mol. The molecule has 1 atom stereocenters. The second kappa shape index (κ2) is 7.20. The van der Waals surface area contributed by atoms with Crippen LogP contribution in [0.2, 0.25) is 5.02 Å². The molecule has 2 aromatic rings. The molecule has 1 amide bonds. The number of nitrogens with two attached hydrogens (primary N) is 1. The van der Waals surface area contributed by atoms with Gasteiger partial charge in [0.1, 0.15) is 0 Å². The van der Waals surface area contributed by atoms with Gasteiger partial charge < -0.3 is 11.1 Å². The molecule has 0 fully saturated rings. The van der Waals surface area contributed by atoms with Gasteiger partial charge in [-0.1, -0.05) is 41.9 Å². The third-order valence-corrected chi connectivity index (χ3v) is 3.55. The fraction of sp³-hybridized carbons (Fsp3) is 0.176. The van der Waals surface area contributed by atoms with Crippen LogP contribution in [0.4, 0.5) is 5.69 Å². The van der Waals surface area contributed by atoms with Crippen molar-refractivity contribution in [2.45, 2.75) is 19.4 Å². The van der Waals surface area contributed by atoms with E-state index in [0.29, 0.717) is 21.8 Å². The topological polar surface area (TPSA) is 72.2 Å². The first-order valence-corrected chi connectivity index (χ1v) is 7.29. The number of hydrogen-bond acceptors (Lipinski definition) is 3. The van der Waals surface area contributed by atoms with E-state index < -0.39 is 6.04 Å². The van der Waals surface area contributed by atoms with E-state index in [4.69, 9.17) is 17.3 Å². The molecule has 4 nitrogen and oxygen atoms in total. The Morgan fingerprint density at radius 2 is 1.82 bits per heavy atom. The Balaban J connectivity index is 2.29. The van der Waals surface area contributed by atoms with E-state index in [1.807, 2.05) is 18.2 Å². The van der Waals surface area contributed by atoms with Crippen LogP contribution in [0.1, 0.15) is 22.8 Å². The molecule has 114 valence electrons. The molecule has 0 bridgehead atoms. The van der Waals surface area contributed by atoms with Gasteiger partial charge in [0.2, 0.25) is 0 Å². The number of Topliss-reactive ketones (excluding diaryl/α,β-unsaturated/α-hetero) is 1. The number of benzene rings is 2. The number of nitrogens with one attached hydrogen (secondary N) is 1. The van der Waals surface area contributed by atoms with Crippen molar-refractivity contribution in [2.24, 2.45) is 5.73 Å². The summed E-state index contributed by atoms with van der Waals surface area (Å²) in [5, 5.41) is 3.08. The van der Waals surface area contributed by atoms with Gasteiger partial charge in [-0.3, -0.25) is 9.59 Å². The van der Waals surface area contributed by atoms with Crippen molar-refractivity contribution in [1.82, 2.24) is 0 Å². The molecule has 5 heteroatoms. The number of hydrogen-bond donors (Lipinski definition) is 2. The summed E-state index contributed by atoms with van der Waals surface area (Å²) in [4.78, 5) is 24.3. The Morgan fingerprint density at radius 1 is 1.14 bits per heavy atom. The zero-order valence-corrected chi connectivity index (χ0v) is 12.9. The lowest BCUT2D eigenvalue weighted by Gasteiger charge is -2.12. The molecule has 0 aliphatic rings. The summed E-state index contributed by atoms with van der Waals surface area (Å²) in [6, 6.07) is 13.5. The number of para-hydroxylation sites is 1. The number of amides is 1. The average molecular weight is 317 g/mol. The summed E-state index contributed by atoms with van der Waals surface area (Å²) in [5.41, 5.74) is 7.13. The van der Waals surface area contributed by atoms with Crippen molar-refractivity contribution in [2.75, 3.05) is 5.32 Å². The van der Waals surface area contributed by atoms with Crippen LogP contribution in [0.25, 0.3) is 0 Å². The van der Waals surface area contributed by atoms with E-state index in [9.17, 15) is 9.59 Å². The first kappa shape index (κ1) is 16.2. The first-order chi connectivity index (χ1) is 10.5. The third kappa shape index (κ3) is 3.93. The van der Waals surface area contributed by atoms with Crippen LogP contribution in [0, 0.1) is 0 Å². The second-order valence-electron chi connectivity index (χ2n) is 5.03. The van der Waals surface area contributed by atoms with E-state index in [1.165, 1.54) is 0 Å². The van der Waals surface area contributed by atoms with Gasteiger partial charge in [-0.2, -0.15) is 0 Å². The van der Waals surface area contributed by atoms with Crippen LogP contribution >= 0.6 is 11.6 Å². The zero-order chi connectivity index (χ0) is 16.1. The molecule has 22 heavy (non-hydrogen) atoms. The van der Waals surface area contributed by atoms with Crippen LogP contribution in [0.5, 0.6) is 0 Å². The molecule has 0 radical (unpaired) electrons. The monoisotopic (exact) mass is 316 g/mol. The number of anilines is 1. The van der Waals surface area contributed by atoms with E-state index in [-0.39, 0.29) is 18.1 Å². The molecule has 0 aromatic heterocycles. The molecule has 0 heterocycles. The number of halogens is 1. The maximum Gasteiger partial charge on any atom is 0.257 e. The van der Waals surface area contributed by atoms with E-state index in [0.717, 1.165) is 0 Å². The van der Waals surface area contributed by atoms with Crippen LogP contribution in [0.15, 0.2) is 48.5 Å². The molecular formula is C17H17ClN2O2. The SMILES string of the molecule is C[C@H](N)C(=O)Cc1cccc(Cl)c1C(=O)Nc1ccccc1. The lowest BCUT2D eigenvalue weighted by Crippen LogP contribution is -2.29. The van der Waals surface area contributed by atoms with Gasteiger partial charge in [0.05, 0.1) is 16.6 Å². The molecule has 0 unspecified atom stereocenters. The largest absolute Gasteiger partial charge is 0.322 e. The molecule has 0 saturated heterocycles. The van der Waals surface area contributed by atoms with Gasteiger partial charge >= 0.3 is 0 Å². The highest BCUT2D eigenvalue weighted by atomic mass is 35.5. The molecule has 0 aliphatic heterocycles. The highest BCUT2D eigenvalue weighted by Crippen LogP contribution is 2.22. The Labute approximate surface area is 134 Å². The van der Waals surface area contributed by atoms with Crippen LogP contribution in [-0.4, -0.2) is 17.7 Å². The van der Waals surface area contributed by atoms with Gasteiger partial charge in [0, 0.05) is 12.1 Å². The highest BCUT2D eigenvalue weighted by molar-refractivity contribution is 6.34. The van der Waals surface area contributed by atoms with Crippen molar-refractivity contribution >= 4 is 29.0 Å². The molecule has 0 saturated carbocycles. The summed E-state index contributed by atoms with van der Waals surface area (Å²) < 4.78 is 0. The van der Waals surface area contributed by atoms with Gasteiger partial charge in [0.25, 0.3) is 5.91 Å². The van der Waals surface area contributed by atoms with Gasteiger partial charge in [-0.25, -0.2) is 0 Å². The summed E-state index contributed by atoms with van der Waals surface area (Å²) in [6.07, 6.45) is 0.0791. The molecular weight excluding hydrogens is 300 g/mol. The number of carbonyl (C=O) groups excluding carboxylic acids is 2. The second-order valence-corrected chi connectivity index (χ2v) is 5.43. The summed E-state index contributed by atoms with van der Waals surface area (Å²) in [6.45, 7) is 1.62. The summed E-state index contributed by atoms with van der Waals surface area (Å²) in [7, 11) is 0. The van der Waals surface area contributed by atoms with E-state index >= 15 is 0 Å². The van der Waals surface area contributed by atoms with Crippen LogP contribution < -0.4 is 11.1 Å². The fourth-order valence-electron chi connectivity index (χ4n) is 2.03. The quantitative estimate of drug-likeness (QED) is 0.890. The van der Waals surface area contributed by atoms with Gasteiger partial charge in [-0.05, 0) is 30.7 Å². The predicted octanol–water partition coefficient (Wildman–Crippen LogP) is 3.05. The average Bonchev–Trinajstić information content (AvgIpc) is 2.48. The normalized spacial score (nSPS) is 11.8. The summed E-state index contributed by atoms with van der Waals surface area (Å²) in [5.74, 6) is -0.486. The van der Waals surface area contributed by atoms with Crippen LogP contribution in [-0.2, 0) is 11.2 Å². The van der Waals surface area contributed by atoms with Crippen LogP contribution in [0.3, 0.4) is 0 Å². The third-order valence-electron chi connectivity index (χ3n) is 3.23. The lowest BCUT2D eigenvalue weighted by atomic mass is 9.99. The molecule has 3 N–H and O–H groups in total. The van der Waals surface area contributed by atoms with Gasteiger partial charge in [-0.15, -0.1) is 0 Å². The van der Waals surface area contributed by atoms with Crippen molar-refractivity contribution in [1.29, 1.82) is 0 Å². The Kier molecular flexibility index (Phi) is 5.31. The van der Waals surface area contributed by atoms with Crippen molar-refractivity contribution in [3.63, 3.8) is 0 Å².